The fourth-order valence-corrected chi connectivity index (χ4v) is 2.31. The summed E-state index contributed by atoms with van der Waals surface area (Å²) in [6, 6.07) is -3.34. The van der Waals surface area contributed by atoms with Gasteiger partial charge < -0.3 is 37.6 Å². The van der Waals surface area contributed by atoms with Crippen molar-refractivity contribution in [3.63, 3.8) is 0 Å². The molecule has 1 saturated heterocycles. The Bertz CT molecular complexity index is 576. The van der Waals surface area contributed by atoms with Gasteiger partial charge in [-0.15, -0.1) is 0 Å². The lowest BCUT2D eigenvalue weighted by molar-refractivity contribution is -0.142. The Labute approximate surface area is 149 Å². The number of carbonyl (C=O) groups is 4. The molecule has 12 heteroatoms. The molecule has 0 aromatic heterocycles. The minimum Gasteiger partial charge on any atom is -0.480 e. The number of hydrogen-bond acceptors (Lipinski definition) is 6. The van der Waals surface area contributed by atoms with Crippen molar-refractivity contribution in [3.8, 4) is 0 Å². The molecule has 3 amide bonds. The molecule has 1 aliphatic heterocycles. The molecule has 3 unspecified atom stereocenters. The van der Waals surface area contributed by atoms with Gasteiger partial charge >= 0.3 is 5.97 Å². The van der Waals surface area contributed by atoms with Crippen molar-refractivity contribution in [1.82, 2.24) is 16.0 Å². The number of carboxylic acid groups (broad SMARTS) is 1. The number of carboxylic acids is 1. The average Bonchev–Trinajstić information content (AvgIpc) is 3.01. The fraction of sp³-hybridized carbons (Fsp3) is 0.643. The lowest BCUT2D eigenvalue weighted by atomic mass is 10.1. The van der Waals surface area contributed by atoms with Gasteiger partial charge in [0.25, 0.3) is 0 Å². The first kappa shape index (κ1) is 21.2. The third-order valence-electron chi connectivity index (χ3n) is 3.69. The Kier molecular flexibility index (Phi) is 8.28. The summed E-state index contributed by atoms with van der Waals surface area (Å²) in [7, 11) is 0. The number of carbonyl (C=O) groups excluding carboxylic acids is 3. The first-order valence-electron chi connectivity index (χ1n) is 8.03. The molecule has 12 nitrogen and oxygen atoms in total. The Morgan fingerprint density at radius 2 is 1.96 bits per heavy atom. The van der Waals surface area contributed by atoms with Crippen molar-refractivity contribution in [2.45, 2.75) is 43.8 Å². The van der Waals surface area contributed by atoms with Crippen LogP contribution in [0.2, 0.25) is 0 Å². The minimum absolute atomic E-state index is 0.0582. The number of aliphatic imine (C=N–C) groups is 1. The Morgan fingerprint density at radius 1 is 1.27 bits per heavy atom. The molecular weight excluding hydrogens is 348 g/mol. The molecule has 1 rings (SSSR count). The summed E-state index contributed by atoms with van der Waals surface area (Å²) in [5.41, 5.74) is 10.3. The van der Waals surface area contributed by atoms with E-state index >= 15 is 0 Å². The number of amides is 3. The molecule has 0 spiro atoms. The highest BCUT2D eigenvalue weighted by Gasteiger charge is 2.31. The van der Waals surface area contributed by atoms with Crippen LogP contribution >= 0.6 is 0 Å². The van der Waals surface area contributed by atoms with E-state index in [0.717, 1.165) is 0 Å². The second-order valence-electron chi connectivity index (χ2n) is 5.75. The molecule has 26 heavy (non-hydrogen) atoms. The lowest BCUT2D eigenvalue weighted by Gasteiger charge is -2.21. The van der Waals surface area contributed by atoms with Crippen LogP contribution in [0, 0.1) is 0 Å². The van der Waals surface area contributed by atoms with E-state index in [9.17, 15) is 29.4 Å². The molecule has 1 fully saturated rings. The number of nitrogens with one attached hydrogen (secondary N) is 3. The van der Waals surface area contributed by atoms with Gasteiger partial charge in [0, 0.05) is 13.0 Å². The van der Waals surface area contributed by atoms with Crippen LogP contribution in [0.1, 0.15) is 25.7 Å². The van der Waals surface area contributed by atoms with E-state index in [4.69, 9.17) is 11.5 Å². The summed E-state index contributed by atoms with van der Waals surface area (Å²) < 4.78 is 0. The van der Waals surface area contributed by atoms with Crippen molar-refractivity contribution < 1.29 is 29.4 Å². The molecule has 9 N–H and O–H groups in total. The van der Waals surface area contributed by atoms with Crippen molar-refractivity contribution in [1.29, 1.82) is 0 Å². The van der Waals surface area contributed by atoms with Gasteiger partial charge in [-0.2, -0.15) is 0 Å². The van der Waals surface area contributed by atoms with Gasteiger partial charge in [0.05, 0.1) is 6.61 Å². The number of nitrogens with zero attached hydrogens (tertiary/aromatic N) is 1. The maximum absolute atomic E-state index is 12.1. The predicted octanol–water partition coefficient (Wildman–Crippen LogP) is -3.63. The summed E-state index contributed by atoms with van der Waals surface area (Å²) in [5, 5.41) is 25.5. The first-order valence-corrected chi connectivity index (χ1v) is 8.03. The second-order valence-corrected chi connectivity index (χ2v) is 5.75. The van der Waals surface area contributed by atoms with Crippen molar-refractivity contribution in [3.05, 3.63) is 0 Å². The molecule has 0 bridgehead atoms. The lowest BCUT2D eigenvalue weighted by Crippen LogP contribution is -2.55. The number of aliphatic carboxylic acids is 1. The molecule has 0 radical (unpaired) electrons. The highest BCUT2D eigenvalue weighted by molar-refractivity contribution is 5.94. The van der Waals surface area contributed by atoms with Crippen LogP contribution in [0.15, 0.2) is 4.99 Å². The standard InChI is InChI=1S/C14H24N6O6/c15-14(16)17-5-1-2-8(13(25)26)19-12(24)9(6-21)20-11(23)7-3-4-10(22)18-7/h7-9,21H,1-6H2,(H,18,22)(H,19,24)(H,20,23)(H,25,26)(H4,15,16,17). The van der Waals surface area contributed by atoms with E-state index in [2.05, 4.69) is 20.9 Å². The van der Waals surface area contributed by atoms with E-state index in [0.29, 0.717) is 6.42 Å². The summed E-state index contributed by atoms with van der Waals surface area (Å²) >= 11 is 0. The van der Waals surface area contributed by atoms with E-state index in [1.807, 2.05) is 0 Å². The predicted molar refractivity (Wildman–Crippen MR) is 89.7 cm³/mol. The van der Waals surface area contributed by atoms with Crippen molar-refractivity contribution in [2.75, 3.05) is 13.2 Å². The second kappa shape index (κ2) is 10.2. The molecule has 0 aliphatic carbocycles. The maximum Gasteiger partial charge on any atom is 0.326 e. The quantitative estimate of drug-likeness (QED) is 0.115. The summed E-state index contributed by atoms with van der Waals surface area (Å²) in [4.78, 5) is 50.2. The molecular formula is C14H24N6O6. The van der Waals surface area contributed by atoms with Crippen LogP contribution in [0.3, 0.4) is 0 Å². The van der Waals surface area contributed by atoms with Crippen LogP contribution in [-0.4, -0.2) is 71.1 Å². The van der Waals surface area contributed by atoms with Gasteiger partial charge in [-0.05, 0) is 19.3 Å². The highest BCUT2D eigenvalue weighted by Crippen LogP contribution is 2.07. The average molecular weight is 372 g/mol. The van der Waals surface area contributed by atoms with Crippen LogP contribution in [0.4, 0.5) is 0 Å². The highest BCUT2D eigenvalue weighted by atomic mass is 16.4. The molecule has 1 aliphatic rings. The fourth-order valence-electron chi connectivity index (χ4n) is 2.31. The monoisotopic (exact) mass is 372 g/mol. The molecule has 3 atom stereocenters. The SMILES string of the molecule is NC(N)=NCCCC(NC(=O)C(CO)NC(=O)C1CCC(=O)N1)C(=O)O. The number of nitrogens with two attached hydrogens (primary N) is 2. The molecule has 0 aromatic carbocycles. The third-order valence-corrected chi connectivity index (χ3v) is 3.69. The van der Waals surface area contributed by atoms with Gasteiger partial charge in [-0.3, -0.25) is 19.4 Å². The maximum atomic E-state index is 12.1. The molecule has 1 heterocycles. The number of guanidine groups is 1. The topological polar surface area (TPSA) is 209 Å². The summed E-state index contributed by atoms with van der Waals surface area (Å²) in [5.74, 6) is -3.14. The van der Waals surface area contributed by atoms with Crippen LogP contribution < -0.4 is 27.4 Å². The number of aliphatic hydroxyl groups is 1. The summed E-state index contributed by atoms with van der Waals surface area (Å²) in [6.07, 6.45) is 0.847. The zero-order valence-corrected chi connectivity index (χ0v) is 14.1. The Hall–Kier alpha value is -2.89. The van der Waals surface area contributed by atoms with Gasteiger partial charge in [0.2, 0.25) is 17.7 Å². The van der Waals surface area contributed by atoms with Gasteiger partial charge in [-0.25, -0.2) is 4.79 Å². The largest absolute Gasteiger partial charge is 0.480 e. The number of aliphatic hydroxyl groups excluding tert-OH is 1. The third kappa shape index (κ3) is 6.93. The summed E-state index contributed by atoms with van der Waals surface area (Å²) in [6.45, 7) is -0.526. The van der Waals surface area contributed by atoms with E-state index in [1.165, 1.54) is 0 Å². The van der Waals surface area contributed by atoms with E-state index in [-0.39, 0.29) is 37.7 Å². The van der Waals surface area contributed by atoms with Crippen molar-refractivity contribution in [2.24, 2.45) is 16.5 Å². The van der Waals surface area contributed by atoms with Gasteiger partial charge in [-0.1, -0.05) is 0 Å². The van der Waals surface area contributed by atoms with E-state index < -0.39 is 42.5 Å². The van der Waals surface area contributed by atoms with Crippen LogP contribution in [-0.2, 0) is 19.2 Å². The Morgan fingerprint density at radius 3 is 2.46 bits per heavy atom. The van der Waals surface area contributed by atoms with E-state index in [1.54, 1.807) is 0 Å². The van der Waals surface area contributed by atoms with Crippen LogP contribution in [0.5, 0.6) is 0 Å². The molecule has 0 aromatic rings. The Balaban J connectivity index is 2.55. The number of hydrogen-bond donors (Lipinski definition) is 7. The van der Waals surface area contributed by atoms with Gasteiger partial charge in [0.15, 0.2) is 5.96 Å². The normalized spacial score (nSPS) is 18.3. The van der Waals surface area contributed by atoms with Crippen molar-refractivity contribution >= 4 is 29.7 Å². The zero-order chi connectivity index (χ0) is 19.7. The van der Waals surface area contributed by atoms with Gasteiger partial charge in [0.1, 0.15) is 18.1 Å². The first-order chi connectivity index (χ1) is 12.2. The van der Waals surface area contributed by atoms with Crippen LogP contribution in [0.25, 0.3) is 0 Å². The molecule has 0 saturated carbocycles. The smallest absolute Gasteiger partial charge is 0.326 e. The number of rotatable bonds is 10. The zero-order valence-electron chi connectivity index (χ0n) is 14.1. The minimum atomic E-state index is -1.33. The molecule has 146 valence electrons.